The Balaban J connectivity index is 1.63. The van der Waals surface area contributed by atoms with Gasteiger partial charge >= 0.3 is 0 Å². The van der Waals surface area contributed by atoms with E-state index in [1.807, 2.05) is 0 Å². The van der Waals surface area contributed by atoms with Crippen LogP contribution in [0.15, 0.2) is 0 Å². The minimum atomic E-state index is 0.766. The van der Waals surface area contributed by atoms with Crippen LogP contribution in [-0.4, -0.2) is 37.1 Å². The Labute approximate surface area is 87.0 Å². The first-order valence-corrected chi connectivity index (χ1v) is 6.33. The summed E-state index contributed by atoms with van der Waals surface area (Å²) in [7, 11) is 0. The van der Waals surface area contributed by atoms with Gasteiger partial charge in [-0.3, -0.25) is 4.90 Å². The van der Waals surface area contributed by atoms with Gasteiger partial charge in [0.05, 0.1) is 0 Å². The van der Waals surface area contributed by atoms with Crippen molar-refractivity contribution >= 4 is 0 Å². The summed E-state index contributed by atoms with van der Waals surface area (Å²) >= 11 is 0. The molecule has 1 N–H and O–H groups in total. The van der Waals surface area contributed by atoms with Crippen LogP contribution in [0.3, 0.4) is 0 Å². The minimum Gasteiger partial charge on any atom is -0.315 e. The van der Waals surface area contributed by atoms with Crippen molar-refractivity contribution in [2.45, 2.75) is 44.6 Å². The summed E-state index contributed by atoms with van der Waals surface area (Å²) in [6, 6.07) is 0.870. The highest BCUT2D eigenvalue weighted by Crippen LogP contribution is 2.45. The van der Waals surface area contributed by atoms with Gasteiger partial charge in [0.25, 0.3) is 0 Å². The number of rotatable bonds is 1. The van der Waals surface area contributed by atoms with Crippen molar-refractivity contribution in [3.63, 3.8) is 0 Å². The maximum atomic E-state index is 3.49. The van der Waals surface area contributed by atoms with E-state index in [0.29, 0.717) is 0 Å². The highest BCUT2D eigenvalue weighted by Gasteiger charge is 2.42. The summed E-state index contributed by atoms with van der Waals surface area (Å²) in [5.74, 6) is 0. The molecule has 0 aromatic carbocycles. The van der Waals surface area contributed by atoms with Crippen LogP contribution in [0.25, 0.3) is 0 Å². The normalized spacial score (nSPS) is 37.3. The molecule has 3 aliphatic rings. The SMILES string of the molecule is C1CCC2(C1)CCN(C1CCNC1)C2. The zero-order valence-corrected chi connectivity index (χ0v) is 9.10. The van der Waals surface area contributed by atoms with Crippen LogP contribution in [0.1, 0.15) is 38.5 Å². The lowest BCUT2D eigenvalue weighted by atomic mass is 9.86. The first kappa shape index (κ1) is 9.17. The van der Waals surface area contributed by atoms with Gasteiger partial charge in [-0.05, 0) is 44.2 Å². The molecule has 1 spiro atoms. The van der Waals surface area contributed by atoms with Crippen molar-refractivity contribution in [2.24, 2.45) is 5.41 Å². The fraction of sp³-hybridized carbons (Fsp3) is 1.00. The van der Waals surface area contributed by atoms with Crippen LogP contribution in [0.2, 0.25) is 0 Å². The van der Waals surface area contributed by atoms with Crippen molar-refractivity contribution in [1.29, 1.82) is 0 Å². The van der Waals surface area contributed by atoms with E-state index in [-0.39, 0.29) is 0 Å². The first-order valence-electron chi connectivity index (χ1n) is 6.33. The summed E-state index contributed by atoms with van der Waals surface area (Å²) in [5, 5.41) is 3.49. The third-order valence-corrected chi connectivity index (χ3v) is 4.68. The van der Waals surface area contributed by atoms with Gasteiger partial charge in [0, 0.05) is 19.1 Å². The lowest BCUT2D eigenvalue weighted by Gasteiger charge is -2.27. The van der Waals surface area contributed by atoms with Crippen LogP contribution in [0.5, 0.6) is 0 Å². The largest absolute Gasteiger partial charge is 0.315 e. The maximum absolute atomic E-state index is 3.49. The van der Waals surface area contributed by atoms with Gasteiger partial charge in [0.2, 0.25) is 0 Å². The molecule has 2 saturated heterocycles. The highest BCUT2D eigenvalue weighted by molar-refractivity contribution is 4.96. The average Bonchev–Trinajstić information content (AvgIpc) is 2.91. The summed E-state index contributed by atoms with van der Waals surface area (Å²) in [4.78, 5) is 2.77. The molecule has 1 unspecified atom stereocenters. The van der Waals surface area contributed by atoms with Gasteiger partial charge in [-0.25, -0.2) is 0 Å². The third-order valence-electron chi connectivity index (χ3n) is 4.68. The monoisotopic (exact) mass is 194 g/mol. The van der Waals surface area contributed by atoms with E-state index in [1.54, 1.807) is 0 Å². The summed E-state index contributed by atoms with van der Waals surface area (Å²) in [5.41, 5.74) is 0.766. The quantitative estimate of drug-likeness (QED) is 0.682. The van der Waals surface area contributed by atoms with Gasteiger partial charge in [0.1, 0.15) is 0 Å². The number of likely N-dealkylation sites (tertiary alicyclic amines) is 1. The fourth-order valence-electron chi connectivity index (χ4n) is 3.77. The van der Waals surface area contributed by atoms with Gasteiger partial charge < -0.3 is 5.32 Å². The fourth-order valence-corrected chi connectivity index (χ4v) is 3.77. The molecule has 0 bridgehead atoms. The zero-order chi connectivity index (χ0) is 9.43. The number of hydrogen-bond acceptors (Lipinski definition) is 2. The van der Waals surface area contributed by atoms with Crippen LogP contribution in [0.4, 0.5) is 0 Å². The van der Waals surface area contributed by atoms with Crippen molar-refractivity contribution < 1.29 is 0 Å². The average molecular weight is 194 g/mol. The van der Waals surface area contributed by atoms with E-state index >= 15 is 0 Å². The van der Waals surface area contributed by atoms with Crippen molar-refractivity contribution in [1.82, 2.24) is 10.2 Å². The van der Waals surface area contributed by atoms with Gasteiger partial charge in [0.15, 0.2) is 0 Å². The van der Waals surface area contributed by atoms with Crippen LogP contribution < -0.4 is 5.32 Å². The zero-order valence-electron chi connectivity index (χ0n) is 9.10. The van der Waals surface area contributed by atoms with E-state index in [4.69, 9.17) is 0 Å². The molecule has 0 aromatic heterocycles. The van der Waals surface area contributed by atoms with Gasteiger partial charge in [-0.1, -0.05) is 12.8 Å². The third kappa shape index (κ3) is 1.49. The van der Waals surface area contributed by atoms with Gasteiger partial charge in [-0.15, -0.1) is 0 Å². The molecule has 2 aliphatic heterocycles. The Hall–Kier alpha value is -0.0800. The second-order valence-corrected chi connectivity index (χ2v) is 5.57. The summed E-state index contributed by atoms with van der Waals surface area (Å²) in [6.07, 6.45) is 8.90. The van der Waals surface area contributed by atoms with E-state index in [9.17, 15) is 0 Å². The highest BCUT2D eigenvalue weighted by atomic mass is 15.2. The van der Waals surface area contributed by atoms with Crippen molar-refractivity contribution in [2.75, 3.05) is 26.2 Å². The molecule has 14 heavy (non-hydrogen) atoms. The molecule has 1 aliphatic carbocycles. The second-order valence-electron chi connectivity index (χ2n) is 5.57. The van der Waals surface area contributed by atoms with E-state index in [2.05, 4.69) is 10.2 Å². The predicted molar refractivity (Wildman–Crippen MR) is 58.4 cm³/mol. The van der Waals surface area contributed by atoms with Crippen molar-refractivity contribution in [3.8, 4) is 0 Å². The molecule has 0 amide bonds. The van der Waals surface area contributed by atoms with Crippen molar-refractivity contribution in [3.05, 3.63) is 0 Å². The number of hydrogen-bond donors (Lipinski definition) is 1. The van der Waals surface area contributed by atoms with Gasteiger partial charge in [-0.2, -0.15) is 0 Å². The molecule has 1 saturated carbocycles. The minimum absolute atomic E-state index is 0.766. The summed E-state index contributed by atoms with van der Waals surface area (Å²) < 4.78 is 0. The molecule has 2 heteroatoms. The standard InChI is InChI=1S/C12H22N2/c1-2-5-12(4-1)6-8-14(10-12)11-3-7-13-9-11/h11,13H,1-10H2. The molecule has 0 aromatic rings. The lowest BCUT2D eigenvalue weighted by Crippen LogP contribution is -2.36. The molecule has 2 heterocycles. The predicted octanol–water partition coefficient (Wildman–Crippen LogP) is 1.61. The summed E-state index contributed by atoms with van der Waals surface area (Å²) in [6.45, 7) is 5.29. The number of nitrogens with zero attached hydrogens (tertiary/aromatic N) is 1. The molecular formula is C12H22N2. The smallest absolute Gasteiger partial charge is 0.0232 e. The topological polar surface area (TPSA) is 15.3 Å². The molecule has 0 radical (unpaired) electrons. The maximum Gasteiger partial charge on any atom is 0.0232 e. The molecule has 3 rings (SSSR count). The van der Waals surface area contributed by atoms with Crippen LogP contribution in [-0.2, 0) is 0 Å². The van der Waals surface area contributed by atoms with Crippen LogP contribution >= 0.6 is 0 Å². The Kier molecular flexibility index (Phi) is 2.29. The van der Waals surface area contributed by atoms with Crippen LogP contribution in [0, 0.1) is 5.41 Å². The molecule has 1 atom stereocenters. The Morgan fingerprint density at radius 2 is 2.00 bits per heavy atom. The molecule has 80 valence electrons. The Bertz CT molecular complexity index is 202. The lowest BCUT2D eigenvalue weighted by molar-refractivity contribution is 0.214. The molecular weight excluding hydrogens is 172 g/mol. The Morgan fingerprint density at radius 3 is 2.71 bits per heavy atom. The Morgan fingerprint density at radius 1 is 1.14 bits per heavy atom. The molecule has 2 nitrogen and oxygen atoms in total. The van der Waals surface area contributed by atoms with E-state index in [1.165, 1.54) is 64.7 Å². The first-order chi connectivity index (χ1) is 6.88. The van der Waals surface area contributed by atoms with E-state index in [0.717, 1.165) is 11.5 Å². The number of nitrogens with one attached hydrogen (secondary N) is 1. The molecule has 3 fully saturated rings. The second kappa shape index (κ2) is 3.49. The van der Waals surface area contributed by atoms with E-state index < -0.39 is 0 Å².